The van der Waals surface area contributed by atoms with Gasteiger partial charge in [-0.25, -0.2) is 4.98 Å². The summed E-state index contributed by atoms with van der Waals surface area (Å²) in [4.78, 5) is 5.15. The highest BCUT2D eigenvalue weighted by Crippen LogP contribution is 2.35. The number of para-hydroxylation sites is 2. The van der Waals surface area contributed by atoms with Crippen LogP contribution in [0.3, 0.4) is 0 Å². The van der Waals surface area contributed by atoms with E-state index in [1.54, 1.807) is 0 Å². The second kappa shape index (κ2) is 12.3. The van der Waals surface area contributed by atoms with Crippen LogP contribution in [-0.4, -0.2) is 9.55 Å². The summed E-state index contributed by atoms with van der Waals surface area (Å²) < 4.78 is 2.36. The highest BCUT2D eigenvalue weighted by Gasteiger charge is 2.13. The zero-order valence-corrected chi connectivity index (χ0v) is 26.9. The van der Waals surface area contributed by atoms with Gasteiger partial charge in [0.2, 0.25) is 0 Å². The van der Waals surface area contributed by atoms with Crippen molar-refractivity contribution in [2.45, 2.75) is 0 Å². The Balaban J connectivity index is 1.03. The lowest BCUT2D eigenvalue weighted by atomic mass is 9.96. The highest BCUT2D eigenvalue weighted by atomic mass is 15.0. The summed E-state index contributed by atoms with van der Waals surface area (Å²) in [6.07, 6.45) is 0. The molecule has 2 nitrogen and oxygen atoms in total. The number of nitrogens with zero attached hydrogens (tertiary/aromatic N) is 2. The molecule has 0 aliphatic rings. The summed E-state index contributed by atoms with van der Waals surface area (Å²) in [7, 11) is 0. The Morgan fingerprint density at radius 3 is 1.33 bits per heavy atom. The van der Waals surface area contributed by atoms with Crippen LogP contribution in [0, 0.1) is 0 Å². The smallest absolute Gasteiger partial charge is 0.0715 e. The molecule has 0 aliphatic carbocycles. The zero-order valence-electron chi connectivity index (χ0n) is 26.9. The van der Waals surface area contributed by atoms with Gasteiger partial charge in [0.05, 0.1) is 22.4 Å². The van der Waals surface area contributed by atoms with Gasteiger partial charge in [-0.05, 0) is 75.8 Å². The second-order valence-corrected chi connectivity index (χ2v) is 12.4. The van der Waals surface area contributed by atoms with E-state index in [2.05, 4.69) is 193 Å². The van der Waals surface area contributed by atoms with Crippen LogP contribution in [0.15, 0.2) is 194 Å². The molecule has 0 saturated heterocycles. The molecule has 0 atom stereocenters. The number of benzene rings is 7. The van der Waals surface area contributed by atoms with Crippen molar-refractivity contribution < 1.29 is 0 Å². The van der Waals surface area contributed by atoms with Gasteiger partial charge in [0, 0.05) is 27.6 Å². The molecule has 0 N–H and O–H groups in total. The second-order valence-electron chi connectivity index (χ2n) is 12.4. The first kappa shape index (κ1) is 28.7. The zero-order chi connectivity index (χ0) is 32.6. The molecule has 0 fully saturated rings. The van der Waals surface area contributed by atoms with E-state index in [9.17, 15) is 0 Å². The molecule has 0 bridgehead atoms. The normalized spacial score (nSPS) is 11.3. The van der Waals surface area contributed by atoms with Crippen molar-refractivity contribution in [2.75, 3.05) is 0 Å². The van der Waals surface area contributed by atoms with E-state index in [4.69, 9.17) is 4.98 Å². The van der Waals surface area contributed by atoms with Gasteiger partial charge in [0.15, 0.2) is 0 Å². The summed E-state index contributed by atoms with van der Waals surface area (Å²) >= 11 is 0. The van der Waals surface area contributed by atoms with Crippen molar-refractivity contribution in [2.24, 2.45) is 0 Å². The Labute approximate surface area is 286 Å². The van der Waals surface area contributed by atoms with Gasteiger partial charge < -0.3 is 4.57 Å². The van der Waals surface area contributed by atoms with Crippen molar-refractivity contribution in [3.05, 3.63) is 194 Å². The van der Waals surface area contributed by atoms with E-state index in [0.717, 1.165) is 33.8 Å². The molecule has 2 heteroatoms. The Hall–Kier alpha value is -6.51. The number of pyridine rings is 1. The predicted molar refractivity (Wildman–Crippen MR) is 206 cm³/mol. The van der Waals surface area contributed by atoms with Crippen molar-refractivity contribution >= 4 is 21.8 Å². The van der Waals surface area contributed by atoms with Crippen LogP contribution in [0.4, 0.5) is 0 Å². The lowest BCUT2D eigenvalue weighted by molar-refractivity contribution is 1.18. The van der Waals surface area contributed by atoms with Gasteiger partial charge in [0.25, 0.3) is 0 Å². The fourth-order valence-electron chi connectivity index (χ4n) is 6.95. The summed E-state index contributed by atoms with van der Waals surface area (Å²) in [5, 5.41) is 2.55. The van der Waals surface area contributed by atoms with Gasteiger partial charge in [-0.15, -0.1) is 0 Å². The number of hydrogen-bond acceptors (Lipinski definition) is 1. The molecule has 2 heterocycles. The van der Waals surface area contributed by atoms with Crippen molar-refractivity contribution in [3.63, 3.8) is 0 Å². The fourth-order valence-corrected chi connectivity index (χ4v) is 6.95. The molecule has 0 spiro atoms. The number of aromatic nitrogens is 2. The lowest BCUT2D eigenvalue weighted by Gasteiger charge is -2.12. The number of hydrogen-bond donors (Lipinski definition) is 0. The third-order valence-corrected chi connectivity index (χ3v) is 9.42. The molecule has 9 rings (SSSR count). The first-order chi connectivity index (χ1) is 24.3. The van der Waals surface area contributed by atoms with Gasteiger partial charge >= 0.3 is 0 Å². The van der Waals surface area contributed by atoms with Crippen LogP contribution in [0.2, 0.25) is 0 Å². The molecule has 0 aliphatic heterocycles. The third-order valence-electron chi connectivity index (χ3n) is 9.42. The summed E-state index contributed by atoms with van der Waals surface area (Å²) in [5.41, 5.74) is 14.8. The van der Waals surface area contributed by atoms with Crippen LogP contribution in [0.25, 0.3) is 83.4 Å². The molecule has 7 aromatic carbocycles. The van der Waals surface area contributed by atoms with Gasteiger partial charge in [-0.3, -0.25) is 0 Å². The molecular formula is C47H32N2. The maximum atomic E-state index is 5.15. The highest BCUT2D eigenvalue weighted by molar-refractivity contribution is 6.09. The van der Waals surface area contributed by atoms with Crippen LogP contribution in [-0.2, 0) is 0 Å². The molecule has 230 valence electrons. The van der Waals surface area contributed by atoms with E-state index in [1.165, 1.54) is 49.6 Å². The monoisotopic (exact) mass is 624 g/mol. The van der Waals surface area contributed by atoms with Crippen molar-refractivity contribution in [1.29, 1.82) is 0 Å². The van der Waals surface area contributed by atoms with E-state index in [-0.39, 0.29) is 0 Å². The summed E-state index contributed by atoms with van der Waals surface area (Å²) in [6.45, 7) is 0. The van der Waals surface area contributed by atoms with Crippen LogP contribution in [0.1, 0.15) is 0 Å². The molecule has 49 heavy (non-hydrogen) atoms. The fraction of sp³-hybridized carbons (Fsp3) is 0. The maximum Gasteiger partial charge on any atom is 0.0715 e. The molecule has 0 amide bonds. The van der Waals surface area contributed by atoms with E-state index in [1.807, 2.05) is 6.07 Å². The minimum Gasteiger partial charge on any atom is -0.309 e. The van der Waals surface area contributed by atoms with Crippen LogP contribution < -0.4 is 0 Å². The number of rotatable bonds is 6. The van der Waals surface area contributed by atoms with Crippen LogP contribution >= 0.6 is 0 Å². The molecule has 0 radical (unpaired) electrons. The topological polar surface area (TPSA) is 17.8 Å². The largest absolute Gasteiger partial charge is 0.309 e. The SMILES string of the molecule is c1ccc(-c2cc(-c3ccccc3)nc(-c3cccc(-c4ccc(-c5ccc(-n6c7ccccc7c7ccccc76)cc5)cc4)c3)c2)cc1. The average molecular weight is 625 g/mol. The Kier molecular flexibility index (Phi) is 7.18. The van der Waals surface area contributed by atoms with Gasteiger partial charge in [-0.2, -0.15) is 0 Å². The maximum absolute atomic E-state index is 5.15. The molecule has 0 saturated carbocycles. The summed E-state index contributed by atoms with van der Waals surface area (Å²) in [6, 6.07) is 69.1. The average Bonchev–Trinajstić information content (AvgIpc) is 3.53. The Morgan fingerprint density at radius 2 is 0.714 bits per heavy atom. The predicted octanol–water partition coefficient (Wildman–Crippen LogP) is 12.5. The lowest BCUT2D eigenvalue weighted by Crippen LogP contribution is -1.93. The standard InChI is InChI=1S/C47H32N2/c1-3-12-33(13-4-1)40-31-44(37-14-5-2-6-15-37)48-45(32-40)39-17-11-16-38(30-39)36-24-22-34(23-25-36)35-26-28-41(29-27-35)49-46-20-9-7-18-42(46)43-19-8-10-21-47(43)49/h1-32H. The van der Waals surface area contributed by atoms with E-state index in [0.29, 0.717) is 0 Å². The van der Waals surface area contributed by atoms with Gasteiger partial charge in [0.1, 0.15) is 0 Å². The van der Waals surface area contributed by atoms with Gasteiger partial charge in [-0.1, -0.05) is 152 Å². The number of fused-ring (bicyclic) bond motifs is 3. The first-order valence-electron chi connectivity index (χ1n) is 16.7. The summed E-state index contributed by atoms with van der Waals surface area (Å²) in [5.74, 6) is 0. The van der Waals surface area contributed by atoms with E-state index < -0.39 is 0 Å². The van der Waals surface area contributed by atoms with Crippen molar-refractivity contribution in [1.82, 2.24) is 9.55 Å². The Morgan fingerprint density at radius 1 is 0.286 bits per heavy atom. The molecule has 9 aromatic rings. The van der Waals surface area contributed by atoms with E-state index >= 15 is 0 Å². The molecule has 2 aromatic heterocycles. The molecule has 0 unspecified atom stereocenters. The van der Waals surface area contributed by atoms with Crippen LogP contribution in [0.5, 0.6) is 0 Å². The first-order valence-corrected chi connectivity index (χ1v) is 16.7. The Bertz CT molecular complexity index is 2450. The van der Waals surface area contributed by atoms with Crippen molar-refractivity contribution in [3.8, 4) is 61.6 Å². The third kappa shape index (κ3) is 5.40. The minimum absolute atomic E-state index is 0.960. The minimum atomic E-state index is 0.960. The quantitative estimate of drug-likeness (QED) is 0.180. The molecular weight excluding hydrogens is 593 g/mol.